The van der Waals surface area contributed by atoms with Gasteiger partial charge in [-0.2, -0.15) is 0 Å². The van der Waals surface area contributed by atoms with Gasteiger partial charge in [-0.05, 0) is 53.6 Å². The van der Waals surface area contributed by atoms with E-state index in [0.29, 0.717) is 28.5 Å². The minimum absolute atomic E-state index is 0.0229. The molecule has 0 radical (unpaired) electrons. The summed E-state index contributed by atoms with van der Waals surface area (Å²) >= 11 is 0. The van der Waals surface area contributed by atoms with Gasteiger partial charge in [-0.25, -0.2) is 0 Å². The molecule has 0 spiro atoms. The summed E-state index contributed by atoms with van der Waals surface area (Å²) in [5, 5.41) is 10.9. The number of methoxy groups -OCH3 is 3. The van der Waals surface area contributed by atoms with Gasteiger partial charge in [0.2, 0.25) is 0 Å². The average molecular weight is 472 g/mol. The van der Waals surface area contributed by atoms with E-state index in [1.54, 1.807) is 55.7 Å². The summed E-state index contributed by atoms with van der Waals surface area (Å²) in [6, 6.07) is 20.4. The van der Waals surface area contributed by atoms with Gasteiger partial charge in [0, 0.05) is 5.69 Å². The fraction of sp³-hybridized carbons (Fsp3) is 0.143. The first kappa shape index (κ1) is 23.6. The smallest absolute Gasteiger partial charge is 0.294 e. The quantitative estimate of drug-likeness (QED) is 0.471. The summed E-state index contributed by atoms with van der Waals surface area (Å²) in [5.74, 6) is -0.195. The van der Waals surface area contributed by atoms with Gasteiger partial charge in [0.25, 0.3) is 5.91 Å². The van der Waals surface area contributed by atoms with E-state index >= 15 is 0 Å². The number of hydrogen-bond donors (Lipinski definition) is 1. The number of benzene rings is 3. The molecule has 7 nitrogen and oxygen atoms in total. The summed E-state index contributed by atoms with van der Waals surface area (Å²) in [7, 11) is 4.58. The van der Waals surface area contributed by atoms with Crippen molar-refractivity contribution in [1.82, 2.24) is 0 Å². The molecule has 0 saturated carbocycles. The van der Waals surface area contributed by atoms with Crippen LogP contribution in [0.5, 0.6) is 17.2 Å². The van der Waals surface area contributed by atoms with Crippen molar-refractivity contribution < 1.29 is 28.9 Å². The molecule has 3 aromatic carbocycles. The van der Waals surface area contributed by atoms with Gasteiger partial charge in [-0.15, -0.1) is 0 Å². The Morgan fingerprint density at radius 2 is 1.57 bits per heavy atom. The molecule has 0 bridgehead atoms. The van der Waals surface area contributed by atoms with Gasteiger partial charge in [-0.1, -0.05) is 42.5 Å². The molecule has 178 valence electrons. The van der Waals surface area contributed by atoms with Crippen LogP contribution in [0.1, 0.15) is 17.2 Å². The molecule has 1 heterocycles. The highest BCUT2D eigenvalue weighted by Gasteiger charge is 2.44. The van der Waals surface area contributed by atoms with E-state index in [1.165, 1.54) is 25.2 Å². The molecular formula is C28H25NO6. The Hall–Kier alpha value is -4.52. The molecule has 0 fully saturated rings. The van der Waals surface area contributed by atoms with E-state index < -0.39 is 23.5 Å². The second kappa shape index (κ2) is 10.2. The van der Waals surface area contributed by atoms with Crippen LogP contribution in [-0.4, -0.2) is 38.1 Å². The van der Waals surface area contributed by atoms with E-state index in [1.807, 2.05) is 30.3 Å². The fourth-order valence-electron chi connectivity index (χ4n) is 4.03. The Kier molecular flexibility index (Phi) is 6.87. The number of amides is 1. The number of hydrogen-bond acceptors (Lipinski definition) is 6. The third kappa shape index (κ3) is 4.61. The summed E-state index contributed by atoms with van der Waals surface area (Å²) in [5.41, 5.74) is 1.87. The topological polar surface area (TPSA) is 85.3 Å². The lowest BCUT2D eigenvalue weighted by atomic mass is 9.95. The van der Waals surface area contributed by atoms with Crippen LogP contribution in [0.15, 0.2) is 90.2 Å². The maximum absolute atomic E-state index is 13.4. The molecule has 1 atom stereocenters. The van der Waals surface area contributed by atoms with Crippen molar-refractivity contribution in [1.29, 1.82) is 0 Å². The fourth-order valence-corrected chi connectivity index (χ4v) is 4.03. The molecule has 1 aliphatic rings. The Morgan fingerprint density at radius 3 is 2.20 bits per heavy atom. The van der Waals surface area contributed by atoms with Crippen molar-refractivity contribution in [3.63, 3.8) is 0 Å². The lowest BCUT2D eigenvalue weighted by Crippen LogP contribution is -2.30. The monoisotopic (exact) mass is 471 g/mol. The number of carbonyl (C=O) groups is 2. The maximum atomic E-state index is 13.4. The van der Waals surface area contributed by atoms with Crippen molar-refractivity contribution in [2.24, 2.45) is 0 Å². The Morgan fingerprint density at radius 1 is 0.886 bits per heavy atom. The van der Waals surface area contributed by atoms with Crippen molar-refractivity contribution >= 4 is 23.5 Å². The first-order valence-electron chi connectivity index (χ1n) is 10.9. The van der Waals surface area contributed by atoms with Crippen LogP contribution in [0.3, 0.4) is 0 Å². The molecule has 3 aromatic rings. The van der Waals surface area contributed by atoms with Crippen LogP contribution in [0.25, 0.3) is 6.08 Å². The van der Waals surface area contributed by atoms with E-state index in [4.69, 9.17) is 14.2 Å². The minimum Gasteiger partial charge on any atom is -0.503 e. The number of nitrogens with zero attached hydrogens (tertiary/aromatic N) is 1. The second-order valence-electron chi connectivity index (χ2n) is 7.76. The lowest BCUT2D eigenvalue weighted by Gasteiger charge is -2.27. The molecular weight excluding hydrogens is 446 g/mol. The predicted octanol–water partition coefficient (Wildman–Crippen LogP) is 4.89. The van der Waals surface area contributed by atoms with E-state index in [-0.39, 0.29) is 5.57 Å². The summed E-state index contributed by atoms with van der Waals surface area (Å²) in [4.78, 5) is 28.0. The number of aliphatic hydroxyl groups is 1. The third-order valence-electron chi connectivity index (χ3n) is 5.77. The van der Waals surface area contributed by atoms with Crippen molar-refractivity contribution in [3.05, 3.63) is 101 Å². The standard InChI is InChI=1S/C28H25NO6/c1-33-21-13-11-20(12-14-21)29-26(19-10-16-23(34-2)24(17-19)35-3)25(27(31)28(29)32)22(30)15-9-18-7-5-4-6-8-18/h4-17,26,31H,1-3H3/t26-/m0/s1. The number of rotatable bonds is 8. The number of carbonyl (C=O) groups excluding carboxylic acids is 2. The highest BCUT2D eigenvalue weighted by atomic mass is 16.5. The number of allylic oxidation sites excluding steroid dienone is 1. The molecule has 35 heavy (non-hydrogen) atoms. The molecule has 0 saturated heterocycles. The highest BCUT2D eigenvalue weighted by Crippen LogP contribution is 2.43. The molecule has 1 N–H and O–H groups in total. The summed E-state index contributed by atoms with van der Waals surface area (Å²) in [6.45, 7) is 0. The predicted molar refractivity (Wildman–Crippen MR) is 133 cm³/mol. The maximum Gasteiger partial charge on any atom is 0.294 e. The zero-order chi connectivity index (χ0) is 24.9. The van der Waals surface area contributed by atoms with Gasteiger partial charge in [0.05, 0.1) is 32.9 Å². The molecule has 1 amide bonds. The van der Waals surface area contributed by atoms with Crippen molar-refractivity contribution in [3.8, 4) is 17.2 Å². The second-order valence-corrected chi connectivity index (χ2v) is 7.76. The SMILES string of the molecule is COc1ccc(N2C(=O)C(O)=C(C(=O)C=Cc3ccccc3)[C@@H]2c2ccc(OC)c(OC)c2)cc1. The molecule has 0 aromatic heterocycles. The van der Waals surface area contributed by atoms with Crippen molar-refractivity contribution in [2.75, 3.05) is 26.2 Å². The van der Waals surface area contributed by atoms with Gasteiger partial charge < -0.3 is 19.3 Å². The lowest BCUT2D eigenvalue weighted by molar-refractivity contribution is -0.117. The first-order chi connectivity index (χ1) is 17.0. The zero-order valence-electron chi connectivity index (χ0n) is 19.6. The number of ketones is 1. The molecule has 7 heteroatoms. The van der Waals surface area contributed by atoms with Crippen LogP contribution in [0.2, 0.25) is 0 Å². The van der Waals surface area contributed by atoms with E-state index in [2.05, 4.69) is 0 Å². The van der Waals surface area contributed by atoms with Gasteiger partial charge >= 0.3 is 0 Å². The van der Waals surface area contributed by atoms with Crippen LogP contribution in [0.4, 0.5) is 5.69 Å². The number of anilines is 1. The third-order valence-corrected chi connectivity index (χ3v) is 5.77. The van der Waals surface area contributed by atoms with Crippen LogP contribution < -0.4 is 19.1 Å². The number of ether oxygens (including phenoxy) is 3. The molecule has 0 aliphatic carbocycles. The molecule has 1 aliphatic heterocycles. The Balaban J connectivity index is 1.82. The largest absolute Gasteiger partial charge is 0.503 e. The van der Waals surface area contributed by atoms with Gasteiger partial charge in [-0.3, -0.25) is 14.5 Å². The Labute approximate surface area is 203 Å². The van der Waals surface area contributed by atoms with Crippen LogP contribution in [-0.2, 0) is 9.59 Å². The minimum atomic E-state index is -0.886. The van der Waals surface area contributed by atoms with Crippen molar-refractivity contribution in [2.45, 2.75) is 6.04 Å². The van der Waals surface area contributed by atoms with Gasteiger partial charge in [0.1, 0.15) is 5.75 Å². The summed E-state index contributed by atoms with van der Waals surface area (Å²) < 4.78 is 16.0. The summed E-state index contributed by atoms with van der Waals surface area (Å²) in [6.07, 6.45) is 3.01. The van der Waals surface area contributed by atoms with E-state index in [0.717, 1.165) is 5.56 Å². The molecule has 0 unspecified atom stereocenters. The first-order valence-corrected chi connectivity index (χ1v) is 10.9. The van der Waals surface area contributed by atoms with E-state index in [9.17, 15) is 14.7 Å². The van der Waals surface area contributed by atoms with Crippen LogP contribution in [0, 0.1) is 0 Å². The Bertz CT molecular complexity index is 1290. The normalized spacial score (nSPS) is 15.6. The van der Waals surface area contributed by atoms with Gasteiger partial charge in [0.15, 0.2) is 23.0 Å². The zero-order valence-corrected chi connectivity index (χ0v) is 19.6. The average Bonchev–Trinajstić information content (AvgIpc) is 3.17. The van der Waals surface area contributed by atoms with Crippen LogP contribution >= 0.6 is 0 Å². The highest BCUT2D eigenvalue weighted by molar-refractivity contribution is 6.19. The molecule has 4 rings (SSSR count). The number of aliphatic hydroxyl groups excluding tert-OH is 1.